The van der Waals surface area contributed by atoms with Crippen LogP contribution in [-0.2, 0) is 4.79 Å². The minimum absolute atomic E-state index is 0.0778. The van der Waals surface area contributed by atoms with Crippen molar-refractivity contribution in [3.05, 3.63) is 88.4 Å². The molecule has 0 saturated heterocycles. The molecule has 0 heterocycles. The molecule has 7 heteroatoms. The normalized spacial score (nSPS) is 10.4. The lowest BCUT2D eigenvalue weighted by Crippen LogP contribution is -2.13. The van der Waals surface area contributed by atoms with Gasteiger partial charge in [-0.2, -0.15) is 0 Å². The summed E-state index contributed by atoms with van der Waals surface area (Å²) in [6.07, 6.45) is 0. The number of amides is 2. The number of benzene rings is 3. The van der Waals surface area contributed by atoms with E-state index >= 15 is 0 Å². The Morgan fingerprint density at radius 1 is 0.821 bits per heavy atom. The fourth-order valence-corrected chi connectivity index (χ4v) is 3.57. The first-order valence-corrected chi connectivity index (χ1v) is 10.1. The molecule has 0 radical (unpaired) electrons. The highest BCUT2D eigenvalue weighted by atomic mass is 35.5. The first-order chi connectivity index (χ1) is 13.5. The van der Waals surface area contributed by atoms with Crippen molar-refractivity contribution in [1.29, 1.82) is 0 Å². The van der Waals surface area contributed by atoms with Crippen molar-refractivity contribution in [2.45, 2.75) is 4.90 Å². The lowest BCUT2D eigenvalue weighted by atomic mass is 10.2. The quantitative estimate of drug-likeness (QED) is 0.473. The molecule has 0 aliphatic rings. The van der Waals surface area contributed by atoms with E-state index in [1.807, 2.05) is 42.5 Å². The number of nitrogens with one attached hydrogen (secondary N) is 2. The third kappa shape index (κ3) is 5.76. The van der Waals surface area contributed by atoms with Gasteiger partial charge in [-0.05, 0) is 54.6 Å². The summed E-state index contributed by atoms with van der Waals surface area (Å²) in [5, 5.41) is 6.39. The van der Waals surface area contributed by atoms with Gasteiger partial charge >= 0.3 is 0 Å². The minimum Gasteiger partial charge on any atom is -0.325 e. The molecule has 28 heavy (non-hydrogen) atoms. The van der Waals surface area contributed by atoms with Gasteiger partial charge in [0.05, 0.1) is 16.3 Å². The van der Waals surface area contributed by atoms with Crippen LogP contribution in [0.25, 0.3) is 0 Å². The van der Waals surface area contributed by atoms with Crippen LogP contribution in [0.3, 0.4) is 0 Å². The maximum atomic E-state index is 12.3. The smallest absolute Gasteiger partial charge is 0.257 e. The van der Waals surface area contributed by atoms with Gasteiger partial charge < -0.3 is 10.6 Å². The Labute approximate surface area is 177 Å². The van der Waals surface area contributed by atoms with E-state index in [2.05, 4.69) is 10.6 Å². The zero-order valence-electron chi connectivity index (χ0n) is 14.6. The fraction of sp³-hybridized carbons (Fsp3) is 0.0476. The summed E-state index contributed by atoms with van der Waals surface area (Å²) in [5.74, 6) is -0.101. The summed E-state index contributed by atoms with van der Waals surface area (Å²) in [6, 6.07) is 21.3. The van der Waals surface area contributed by atoms with E-state index in [0.717, 1.165) is 10.6 Å². The van der Waals surface area contributed by atoms with E-state index in [9.17, 15) is 9.59 Å². The minimum atomic E-state index is -0.315. The Kier molecular flexibility index (Phi) is 6.98. The molecule has 0 spiro atoms. The van der Waals surface area contributed by atoms with E-state index in [-0.39, 0.29) is 11.8 Å². The van der Waals surface area contributed by atoms with Crippen LogP contribution in [0.2, 0.25) is 10.0 Å². The molecule has 2 N–H and O–H groups in total. The molecule has 0 bridgehead atoms. The van der Waals surface area contributed by atoms with E-state index in [1.54, 1.807) is 24.3 Å². The second-order valence-electron chi connectivity index (χ2n) is 5.81. The molecule has 0 unspecified atom stereocenters. The summed E-state index contributed by atoms with van der Waals surface area (Å²) >= 11 is 13.3. The molecule has 4 nitrogen and oxygen atoms in total. The topological polar surface area (TPSA) is 58.2 Å². The zero-order chi connectivity index (χ0) is 19.9. The Bertz CT molecular complexity index is 979. The van der Waals surface area contributed by atoms with Gasteiger partial charge in [-0.3, -0.25) is 9.59 Å². The van der Waals surface area contributed by atoms with Crippen molar-refractivity contribution < 1.29 is 9.59 Å². The number of anilines is 2. The van der Waals surface area contributed by atoms with Crippen LogP contribution in [-0.4, -0.2) is 17.6 Å². The molecular formula is C21H16Cl2N2O2S. The maximum absolute atomic E-state index is 12.3. The summed E-state index contributed by atoms with van der Waals surface area (Å²) < 4.78 is 0. The van der Waals surface area contributed by atoms with E-state index in [4.69, 9.17) is 23.2 Å². The van der Waals surface area contributed by atoms with Crippen molar-refractivity contribution in [3.8, 4) is 0 Å². The second-order valence-corrected chi connectivity index (χ2v) is 7.70. The molecule has 0 aliphatic heterocycles. The molecule has 0 saturated carbocycles. The van der Waals surface area contributed by atoms with Gasteiger partial charge in [0.25, 0.3) is 5.91 Å². The van der Waals surface area contributed by atoms with E-state index in [0.29, 0.717) is 27.0 Å². The molecule has 0 aromatic heterocycles. The molecule has 142 valence electrons. The first-order valence-electron chi connectivity index (χ1n) is 8.35. The van der Waals surface area contributed by atoms with Gasteiger partial charge in [0.15, 0.2) is 0 Å². The number of rotatable bonds is 6. The number of para-hydroxylation sites is 1. The third-order valence-corrected chi connectivity index (χ3v) is 5.28. The highest BCUT2D eigenvalue weighted by molar-refractivity contribution is 8.00. The molecular weight excluding hydrogens is 415 g/mol. The highest BCUT2D eigenvalue weighted by Crippen LogP contribution is 2.24. The van der Waals surface area contributed by atoms with E-state index < -0.39 is 0 Å². The number of hydrogen-bond donors (Lipinski definition) is 2. The average molecular weight is 431 g/mol. The van der Waals surface area contributed by atoms with Crippen LogP contribution in [0.4, 0.5) is 11.4 Å². The predicted molar refractivity (Wildman–Crippen MR) is 117 cm³/mol. The largest absolute Gasteiger partial charge is 0.325 e. The number of carbonyl (C=O) groups is 2. The third-order valence-electron chi connectivity index (χ3n) is 3.72. The molecule has 0 atom stereocenters. The van der Waals surface area contributed by atoms with Crippen LogP contribution >= 0.6 is 35.0 Å². The fourth-order valence-electron chi connectivity index (χ4n) is 2.37. The standard InChI is InChI=1S/C21H16Cl2N2O2S/c22-14-6-11-18(19(23)12-14)21(27)25-16-7-9-17(10-8-16)28-13-20(26)24-15-4-2-1-3-5-15/h1-12H,13H2,(H,24,26)(H,25,27). The first kappa shape index (κ1) is 20.3. The van der Waals surface area contributed by atoms with Crippen molar-refractivity contribution >= 4 is 58.2 Å². The van der Waals surface area contributed by atoms with Gasteiger partial charge in [-0.25, -0.2) is 0 Å². The maximum Gasteiger partial charge on any atom is 0.257 e. The molecule has 0 aliphatic carbocycles. The van der Waals surface area contributed by atoms with Crippen LogP contribution in [0.5, 0.6) is 0 Å². The van der Waals surface area contributed by atoms with Crippen molar-refractivity contribution in [3.63, 3.8) is 0 Å². The summed E-state index contributed by atoms with van der Waals surface area (Å²) in [7, 11) is 0. The summed E-state index contributed by atoms with van der Waals surface area (Å²) in [5.41, 5.74) is 1.75. The van der Waals surface area contributed by atoms with Gasteiger partial charge in [0.2, 0.25) is 5.91 Å². The molecule has 3 rings (SSSR count). The summed E-state index contributed by atoms with van der Waals surface area (Å²) in [4.78, 5) is 25.2. The SMILES string of the molecule is O=C(CSc1ccc(NC(=O)c2ccc(Cl)cc2Cl)cc1)Nc1ccccc1. The number of hydrogen-bond acceptors (Lipinski definition) is 3. The zero-order valence-corrected chi connectivity index (χ0v) is 16.9. The molecule has 0 fully saturated rings. The van der Waals surface area contributed by atoms with E-state index in [1.165, 1.54) is 17.8 Å². The Morgan fingerprint density at radius 3 is 2.18 bits per heavy atom. The Balaban J connectivity index is 1.53. The summed E-state index contributed by atoms with van der Waals surface area (Å²) in [6.45, 7) is 0. The molecule has 3 aromatic carbocycles. The van der Waals surface area contributed by atoms with Crippen LogP contribution in [0, 0.1) is 0 Å². The second kappa shape index (κ2) is 9.64. The van der Waals surface area contributed by atoms with Crippen molar-refractivity contribution in [1.82, 2.24) is 0 Å². The lowest BCUT2D eigenvalue weighted by Gasteiger charge is -2.08. The van der Waals surface area contributed by atoms with Gasteiger partial charge in [0.1, 0.15) is 0 Å². The average Bonchev–Trinajstić information content (AvgIpc) is 2.68. The monoisotopic (exact) mass is 430 g/mol. The number of thioether (sulfide) groups is 1. The van der Waals surface area contributed by atoms with Gasteiger partial charge in [0, 0.05) is 21.3 Å². The van der Waals surface area contributed by atoms with Crippen molar-refractivity contribution in [2.24, 2.45) is 0 Å². The van der Waals surface area contributed by atoms with Crippen molar-refractivity contribution in [2.75, 3.05) is 16.4 Å². The van der Waals surface area contributed by atoms with Crippen LogP contribution < -0.4 is 10.6 Å². The Morgan fingerprint density at radius 2 is 1.50 bits per heavy atom. The number of carbonyl (C=O) groups excluding carboxylic acids is 2. The van der Waals surface area contributed by atoms with Gasteiger partial charge in [-0.15, -0.1) is 11.8 Å². The highest BCUT2D eigenvalue weighted by Gasteiger charge is 2.11. The Hall–Kier alpha value is -2.47. The van der Waals surface area contributed by atoms with Gasteiger partial charge in [-0.1, -0.05) is 41.4 Å². The van der Waals surface area contributed by atoms with Crippen LogP contribution in [0.15, 0.2) is 77.7 Å². The molecule has 2 amide bonds. The lowest BCUT2D eigenvalue weighted by molar-refractivity contribution is -0.113. The predicted octanol–water partition coefficient (Wildman–Crippen LogP) is 5.98. The van der Waals surface area contributed by atoms with Crippen LogP contribution in [0.1, 0.15) is 10.4 Å². The number of halogens is 2. The molecule has 3 aromatic rings.